The first-order valence-electron chi connectivity index (χ1n) is 12.8. The number of amides is 1. The Morgan fingerprint density at radius 2 is 1.33 bits per heavy atom. The van der Waals surface area contributed by atoms with Gasteiger partial charge in [-0.2, -0.15) is 0 Å². The van der Waals surface area contributed by atoms with Crippen molar-refractivity contribution in [3.8, 4) is 22.5 Å². The highest BCUT2D eigenvalue weighted by molar-refractivity contribution is 5.90. The van der Waals surface area contributed by atoms with E-state index in [1.807, 2.05) is 62.4 Å². The summed E-state index contributed by atoms with van der Waals surface area (Å²) in [6.07, 6.45) is -1.38. The zero-order valence-corrected chi connectivity index (χ0v) is 22.8. The second-order valence-corrected chi connectivity index (χ2v) is 11.0. The summed E-state index contributed by atoms with van der Waals surface area (Å²) in [5.74, 6) is -3.47. The summed E-state index contributed by atoms with van der Waals surface area (Å²) in [6.45, 7) is 9.11. The van der Waals surface area contributed by atoms with Gasteiger partial charge in [0.2, 0.25) is 0 Å². The van der Waals surface area contributed by atoms with Crippen LogP contribution in [0.15, 0.2) is 48.5 Å². The fraction of sp³-hybridized carbons (Fsp3) is 0.367. The smallest absolute Gasteiger partial charge is 0.416 e. The predicted molar refractivity (Wildman–Crippen MR) is 147 cm³/mol. The van der Waals surface area contributed by atoms with Crippen LogP contribution in [0.5, 0.6) is 0 Å². The Balaban J connectivity index is 2.00. The molecule has 9 nitrogen and oxygen atoms in total. The average Bonchev–Trinajstić information content (AvgIpc) is 2.84. The number of aliphatic carboxylic acids is 2. The van der Waals surface area contributed by atoms with E-state index in [-0.39, 0.29) is 30.9 Å². The molecule has 39 heavy (non-hydrogen) atoms. The van der Waals surface area contributed by atoms with E-state index >= 15 is 0 Å². The van der Waals surface area contributed by atoms with Crippen LogP contribution in [0.4, 0.5) is 10.6 Å². The van der Waals surface area contributed by atoms with Crippen molar-refractivity contribution in [2.24, 2.45) is 5.92 Å². The summed E-state index contributed by atoms with van der Waals surface area (Å²) in [6, 6.07) is 15.5. The standard InChI is InChI=1S/C30H33N3O6/c1-17-6-10-19(11-7-17)25-26(20-12-8-18(2)9-13-20)32-28-27(31-25)22(15-24(36)37)21(14-23(34)35)16-33(28)29(38)39-30(3,4)5/h6-13,21-22H,14-16H2,1-5H3,(H,34,35)(H,36,37). The molecular weight excluding hydrogens is 498 g/mol. The number of carbonyl (C=O) groups excluding carboxylic acids is 1. The minimum atomic E-state index is -1.09. The van der Waals surface area contributed by atoms with Crippen LogP contribution < -0.4 is 4.90 Å². The lowest BCUT2D eigenvalue weighted by atomic mass is 9.80. The highest BCUT2D eigenvalue weighted by atomic mass is 16.6. The Labute approximate surface area is 227 Å². The number of fused-ring (bicyclic) bond motifs is 1. The number of ether oxygens (including phenoxy) is 1. The number of rotatable bonds is 6. The summed E-state index contributed by atoms with van der Waals surface area (Å²) >= 11 is 0. The molecule has 2 atom stereocenters. The van der Waals surface area contributed by atoms with E-state index in [4.69, 9.17) is 14.7 Å². The monoisotopic (exact) mass is 531 g/mol. The quantitative estimate of drug-likeness (QED) is 0.406. The first-order chi connectivity index (χ1) is 18.3. The maximum absolute atomic E-state index is 13.4. The molecule has 1 amide bonds. The zero-order chi connectivity index (χ0) is 28.5. The van der Waals surface area contributed by atoms with Gasteiger partial charge in [0.25, 0.3) is 0 Å². The van der Waals surface area contributed by atoms with Gasteiger partial charge in [-0.25, -0.2) is 14.8 Å². The van der Waals surface area contributed by atoms with Crippen molar-refractivity contribution >= 4 is 23.8 Å². The van der Waals surface area contributed by atoms with Crippen molar-refractivity contribution in [3.05, 3.63) is 65.4 Å². The maximum Gasteiger partial charge on any atom is 0.416 e. The number of aryl methyl sites for hydroxylation is 2. The van der Waals surface area contributed by atoms with Crippen LogP contribution in [-0.4, -0.2) is 50.4 Å². The molecule has 0 saturated heterocycles. The third-order valence-electron chi connectivity index (χ3n) is 6.59. The van der Waals surface area contributed by atoms with E-state index in [0.29, 0.717) is 11.4 Å². The van der Waals surface area contributed by atoms with Gasteiger partial charge < -0.3 is 14.9 Å². The molecule has 2 unspecified atom stereocenters. The Hall–Kier alpha value is -4.27. The number of hydrogen-bond donors (Lipinski definition) is 2. The maximum atomic E-state index is 13.4. The van der Waals surface area contributed by atoms with Gasteiger partial charge in [0.1, 0.15) is 5.60 Å². The fourth-order valence-corrected chi connectivity index (χ4v) is 4.74. The summed E-state index contributed by atoms with van der Waals surface area (Å²) in [5.41, 5.74) is 4.17. The van der Waals surface area contributed by atoms with E-state index in [2.05, 4.69) is 0 Å². The third-order valence-corrected chi connectivity index (χ3v) is 6.59. The van der Waals surface area contributed by atoms with Gasteiger partial charge in [-0.3, -0.25) is 14.5 Å². The lowest BCUT2D eigenvalue weighted by molar-refractivity contribution is -0.141. The van der Waals surface area contributed by atoms with Gasteiger partial charge in [-0.05, 0) is 40.5 Å². The van der Waals surface area contributed by atoms with Gasteiger partial charge in [0.15, 0.2) is 5.82 Å². The molecule has 0 bridgehead atoms. The topological polar surface area (TPSA) is 130 Å². The van der Waals surface area contributed by atoms with Crippen molar-refractivity contribution in [2.75, 3.05) is 11.4 Å². The fourth-order valence-electron chi connectivity index (χ4n) is 4.74. The molecule has 1 aromatic heterocycles. The van der Waals surface area contributed by atoms with Crippen LogP contribution in [0.3, 0.4) is 0 Å². The summed E-state index contributed by atoms with van der Waals surface area (Å²) in [4.78, 5) is 48.3. The number of carboxylic acid groups (broad SMARTS) is 2. The molecule has 1 aliphatic heterocycles. The molecule has 2 aromatic carbocycles. The number of benzene rings is 2. The molecule has 204 valence electrons. The Kier molecular flexibility index (Phi) is 7.72. The number of nitrogens with zero attached hydrogens (tertiary/aromatic N) is 3. The van der Waals surface area contributed by atoms with E-state index in [0.717, 1.165) is 22.3 Å². The van der Waals surface area contributed by atoms with Crippen LogP contribution in [0.1, 0.15) is 56.4 Å². The SMILES string of the molecule is Cc1ccc(-c2nc3c(nc2-c2ccc(C)cc2)N(C(=O)OC(C)(C)C)CC(CC(=O)O)C3CC(=O)O)cc1. The van der Waals surface area contributed by atoms with Gasteiger partial charge in [0.05, 0.1) is 29.9 Å². The molecule has 4 rings (SSSR count). The van der Waals surface area contributed by atoms with Gasteiger partial charge >= 0.3 is 18.0 Å². The Morgan fingerprint density at radius 3 is 1.79 bits per heavy atom. The van der Waals surface area contributed by atoms with E-state index in [9.17, 15) is 24.6 Å². The van der Waals surface area contributed by atoms with Crippen molar-refractivity contribution in [1.82, 2.24) is 9.97 Å². The number of carbonyl (C=O) groups is 3. The van der Waals surface area contributed by atoms with Crippen molar-refractivity contribution in [1.29, 1.82) is 0 Å². The molecule has 2 heterocycles. The van der Waals surface area contributed by atoms with Crippen molar-refractivity contribution < 1.29 is 29.3 Å². The summed E-state index contributed by atoms with van der Waals surface area (Å²) in [7, 11) is 0. The molecule has 0 aliphatic carbocycles. The van der Waals surface area contributed by atoms with E-state index in [1.165, 1.54) is 4.90 Å². The highest BCUT2D eigenvalue weighted by Gasteiger charge is 2.42. The molecule has 0 fully saturated rings. The van der Waals surface area contributed by atoms with E-state index in [1.54, 1.807) is 20.8 Å². The Morgan fingerprint density at radius 1 is 0.846 bits per heavy atom. The van der Waals surface area contributed by atoms with Crippen LogP contribution in [0.2, 0.25) is 0 Å². The molecule has 2 N–H and O–H groups in total. The second kappa shape index (κ2) is 10.8. The molecule has 0 radical (unpaired) electrons. The lowest BCUT2D eigenvalue weighted by Crippen LogP contribution is -2.46. The zero-order valence-electron chi connectivity index (χ0n) is 22.8. The first kappa shape index (κ1) is 27.8. The number of hydrogen-bond acceptors (Lipinski definition) is 6. The Bertz CT molecular complexity index is 1390. The van der Waals surface area contributed by atoms with Crippen LogP contribution >= 0.6 is 0 Å². The van der Waals surface area contributed by atoms with Crippen LogP contribution in [0.25, 0.3) is 22.5 Å². The minimum Gasteiger partial charge on any atom is -0.481 e. The second-order valence-electron chi connectivity index (χ2n) is 11.0. The number of carboxylic acids is 2. The molecule has 9 heteroatoms. The lowest BCUT2D eigenvalue weighted by Gasteiger charge is -2.38. The van der Waals surface area contributed by atoms with Crippen LogP contribution in [0, 0.1) is 19.8 Å². The van der Waals surface area contributed by atoms with Gasteiger partial charge in [0, 0.05) is 23.6 Å². The van der Waals surface area contributed by atoms with Crippen molar-refractivity contribution in [3.63, 3.8) is 0 Å². The normalized spacial score (nSPS) is 16.9. The first-order valence-corrected chi connectivity index (χ1v) is 12.8. The molecule has 0 spiro atoms. The highest BCUT2D eigenvalue weighted by Crippen LogP contribution is 2.44. The largest absolute Gasteiger partial charge is 0.481 e. The number of anilines is 1. The average molecular weight is 532 g/mol. The molecular formula is C30H33N3O6. The molecule has 3 aromatic rings. The molecule has 0 saturated carbocycles. The molecule has 1 aliphatic rings. The summed E-state index contributed by atoms with van der Waals surface area (Å²) in [5, 5.41) is 19.4. The minimum absolute atomic E-state index is 0.0575. The van der Waals surface area contributed by atoms with Gasteiger partial charge in [-0.1, -0.05) is 59.7 Å². The predicted octanol–water partition coefficient (Wildman–Crippen LogP) is 5.83. The number of aromatic nitrogens is 2. The van der Waals surface area contributed by atoms with Crippen molar-refractivity contribution in [2.45, 2.75) is 59.0 Å². The van der Waals surface area contributed by atoms with E-state index < -0.39 is 35.5 Å². The third kappa shape index (κ3) is 6.42. The van der Waals surface area contributed by atoms with Crippen LogP contribution in [-0.2, 0) is 14.3 Å². The van der Waals surface area contributed by atoms with Gasteiger partial charge in [-0.15, -0.1) is 0 Å². The summed E-state index contributed by atoms with van der Waals surface area (Å²) < 4.78 is 5.65.